The summed E-state index contributed by atoms with van der Waals surface area (Å²) in [5.41, 5.74) is 13.1. The van der Waals surface area contributed by atoms with Crippen LogP contribution >= 0.6 is 0 Å². The standard InChI is InChI=1S/C46H29N5/c1-2-11-30(12-3-1)31-22-26-34(27-23-31)45-47-40-18-7-6-17-39(40)43(49-45)36-14-10-13-35(29-36)32-20-24-33(25-21-32)42-37-15-4-5-16-38(37)44-46(50-42)51-28-9-8-19-41(51)48-44/h1-29H. The molecule has 238 valence electrons. The molecular formula is C46H29N5. The lowest BCUT2D eigenvalue weighted by Gasteiger charge is -2.12. The average molecular weight is 652 g/mol. The van der Waals surface area contributed by atoms with Crippen LogP contribution in [0, 0.1) is 0 Å². The van der Waals surface area contributed by atoms with E-state index >= 15 is 0 Å². The van der Waals surface area contributed by atoms with E-state index in [-0.39, 0.29) is 0 Å². The van der Waals surface area contributed by atoms with E-state index < -0.39 is 0 Å². The predicted molar refractivity (Wildman–Crippen MR) is 208 cm³/mol. The molecular weight excluding hydrogens is 623 g/mol. The second kappa shape index (κ2) is 11.9. The topological polar surface area (TPSA) is 56.0 Å². The van der Waals surface area contributed by atoms with Crippen molar-refractivity contribution in [1.29, 1.82) is 0 Å². The van der Waals surface area contributed by atoms with E-state index in [1.165, 1.54) is 11.1 Å². The van der Waals surface area contributed by atoms with Gasteiger partial charge in [-0.2, -0.15) is 0 Å². The Morgan fingerprint density at radius 1 is 0.353 bits per heavy atom. The number of para-hydroxylation sites is 1. The minimum atomic E-state index is 0.709. The summed E-state index contributed by atoms with van der Waals surface area (Å²) in [5, 5.41) is 3.21. The van der Waals surface area contributed by atoms with Crippen LogP contribution in [-0.4, -0.2) is 24.3 Å². The Labute approximate surface area is 294 Å². The number of hydrogen-bond donors (Lipinski definition) is 0. The molecule has 5 nitrogen and oxygen atoms in total. The molecule has 0 fully saturated rings. The zero-order valence-electron chi connectivity index (χ0n) is 27.5. The molecule has 0 aliphatic carbocycles. The third-order valence-electron chi connectivity index (χ3n) is 9.64. The molecule has 6 aromatic carbocycles. The first-order valence-electron chi connectivity index (χ1n) is 17.1. The molecule has 0 N–H and O–H groups in total. The van der Waals surface area contributed by atoms with Crippen molar-refractivity contribution in [1.82, 2.24) is 24.3 Å². The highest BCUT2D eigenvalue weighted by molar-refractivity contribution is 6.09. The van der Waals surface area contributed by atoms with E-state index in [1.54, 1.807) is 0 Å². The molecule has 0 saturated carbocycles. The van der Waals surface area contributed by atoms with E-state index in [0.29, 0.717) is 5.82 Å². The van der Waals surface area contributed by atoms with Gasteiger partial charge in [0.05, 0.1) is 16.9 Å². The average Bonchev–Trinajstić information content (AvgIpc) is 3.60. The number of nitrogens with zero attached hydrogens (tertiary/aromatic N) is 5. The molecule has 10 rings (SSSR count). The molecule has 0 radical (unpaired) electrons. The van der Waals surface area contributed by atoms with E-state index in [9.17, 15) is 0 Å². The van der Waals surface area contributed by atoms with Crippen molar-refractivity contribution in [3.63, 3.8) is 0 Å². The molecule has 0 unspecified atom stereocenters. The number of rotatable bonds is 5. The van der Waals surface area contributed by atoms with Gasteiger partial charge >= 0.3 is 0 Å². The summed E-state index contributed by atoms with van der Waals surface area (Å²) < 4.78 is 2.06. The van der Waals surface area contributed by atoms with Crippen LogP contribution in [0.2, 0.25) is 0 Å². The van der Waals surface area contributed by atoms with Gasteiger partial charge < -0.3 is 0 Å². The minimum absolute atomic E-state index is 0.709. The number of hydrogen-bond acceptors (Lipinski definition) is 4. The van der Waals surface area contributed by atoms with Crippen molar-refractivity contribution in [2.75, 3.05) is 0 Å². The number of pyridine rings is 2. The SMILES string of the molecule is c1ccc(-c2ccc(-c3nc(-c4cccc(-c5ccc(-c6nc7c(nc8ccccn87)c7ccccc67)cc5)c4)c4ccccc4n3)cc2)cc1. The van der Waals surface area contributed by atoms with E-state index in [1.807, 2.05) is 42.6 Å². The van der Waals surface area contributed by atoms with Crippen LogP contribution in [-0.2, 0) is 0 Å². The number of benzene rings is 6. The van der Waals surface area contributed by atoms with Gasteiger partial charge in [-0.05, 0) is 46.5 Å². The fourth-order valence-corrected chi connectivity index (χ4v) is 7.09. The van der Waals surface area contributed by atoms with Crippen LogP contribution in [0.1, 0.15) is 0 Å². The fourth-order valence-electron chi connectivity index (χ4n) is 7.09. The van der Waals surface area contributed by atoms with Gasteiger partial charge in [-0.15, -0.1) is 0 Å². The van der Waals surface area contributed by atoms with E-state index in [4.69, 9.17) is 19.9 Å². The lowest BCUT2D eigenvalue weighted by molar-refractivity contribution is 1.19. The molecule has 10 aromatic rings. The zero-order chi connectivity index (χ0) is 33.7. The summed E-state index contributed by atoms with van der Waals surface area (Å²) in [7, 11) is 0. The molecule has 4 aromatic heterocycles. The van der Waals surface area contributed by atoms with Crippen molar-refractivity contribution < 1.29 is 0 Å². The summed E-state index contributed by atoms with van der Waals surface area (Å²) in [6.45, 7) is 0. The maximum Gasteiger partial charge on any atom is 0.165 e. The fraction of sp³-hybridized carbons (Fsp3) is 0. The molecule has 0 bridgehead atoms. The monoisotopic (exact) mass is 651 g/mol. The van der Waals surface area contributed by atoms with Crippen LogP contribution in [0.15, 0.2) is 176 Å². The highest BCUT2D eigenvalue weighted by atomic mass is 15.1. The Kier molecular flexibility index (Phi) is 6.74. The smallest absolute Gasteiger partial charge is 0.165 e. The number of imidazole rings is 1. The Morgan fingerprint density at radius 3 is 1.76 bits per heavy atom. The van der Waals surface area contributed by atoms with Crippen LogP contribution < -0.4 is 0 Å². The molecule has 0 aliphatic rings. The highest BCUT2D eigenvalue weighted by Crippen LogP contribution is 2.36. The highest BCUT2D eigenvalue weighted by Gasteiger charge is 2.16. The number of aromatic nitrogens is 5. The van der Waals surface area contributed by atoms with Gasteiger partial charge in [-0.3, -0.25) is 4.40 Å². The predicted octanol–water partition coefficient (Wildman–Crippen LogP) is 11.3. The first-order valence-corrected chi connectivity index (χ1v) is 17.1. The van der Waals surface area contributed by atoms with Gasteiger partial charge in [0.25, 0.3) is 0 Å². The van der Waals surface area contributed by atoms with Crippen LogP contribution in [0.5, 0.6) is 0 Å². The molecule has 51 heavy (non-hydrogen) atoms. The molecule has 0 atom stereocenters. The Hall–Kier alpha value is -6.98. The first kappa shape index (κ1) is 29.0. The van der Waals surface area contributed by atoms with E-state index in [0.717, 1.165) is 77.7 Å². The molecule has 5 heteroatoms. The Bertz CT molecular complexity index is 2890. The Balaban J connectivity index is 1.03. The van der Waals surface area contributed by atoms with Crippen molar-refractivity contribution in [3.8, 4) is 56.2 Å². The molecule has 0 aliphatic heterocycles. The van der Waals surface area contributed by atoms with Crippen molar-refractivity contribution in [2.24, 2.45) is 0 Å². The normalized spacial score (nSPS) is 11.5. The molecule has 4 heterocycles. The molecule has 0 spiro atoms. The lowest BCUT2D eigenvalue weighted by atomic mass is 9.97. The summed E-state index contributed by atoms with van der Waals surface area (Å²) >= 11 is 0. The zero-order valence-corrected chi connectivity index (χ0v) is 27.5. The van der Waals surface area contributed by atoms with Gasteiger partial charge in [0.1, 0.15) is 11.2 Å². The van der Waals surface area contributed by atoms with Crippen molar-refractivity contribution in [3.05, 3.63) is 176 Å². The molecule has 0 saturated heterocycles. The van der Waals surface area contributed by atoms with Gasteiger partial charge in [-0.25, -0.2) is 19.9 Å². The molecule has 0 amide bonds. The van der Waals surface area contributed by atoms with E-state index in [2.05, 4.69) is 138 Å². The largest absolute Gasteiger partial charge is 0.284 e. The number of fused-ring (bicyclic) bond motifs is 6. The second-order valence-electron chi connectivity index (χ2n) is 12.7. The first-order chi connectivity index (χ1) is 25.3. The minimum Gasteiger partial charge on any atom is -0.284 e. The van der Waals surface area contributed by atoms with Gasteiger partial charge in [-0.1, -0.05) is 146 Å². The van der Waals surface area contributed by atoms with Crippen LogP contribution in [0.25, 0.3) is 94.6 Å². The van der Waals surface area contributed by atoms with Gasteiger partial charge in [0, 0.05) is 39.0 Å². The van der Waals surface area contributed by atoms with Gasteiger partial charge in [0.2, 0.25) is 0 Å². The lowest BCUT2D eigenvalue weighted by Crippen LogP contribution is -1.95. The van der Waals surface area contributed by atoms with Crippen LogP contribution in [0.3, 0.4) is 0 Å². The maximum atomic E-state index is 5.19. The quantitative estimate of drug-likeness (QED) is 0.186. The third-order valence-corrected chi connectivity index (χ3v) is 9.64. The summed E-state index contributed by atoms with van der Waals surface area (Å²) in [6, 6.07) is 58.9. The summed E-state index contributed by atoms with van der Waals surface area (Å²) in [4.78, 5) is 20.3. The second-order valence-corrected chi connectivity index (χ2v) is 12.7. The maximum absolute atomic E-state index is 5.19. The third kappa shape index (κ3) is 5.03. The van der Waals surface area contributed by atoms with Gasteiger partial charge in [0.15, 0.2) is 11.5 Å². The summed E-state index contributed by atoms with van der Waals surface area (Å²) in [5.74, 6) is 0.709. The van der Waals surface area contributed by atoms with Crippen molar-refractivity contribution in [2.45, 2.75) is 0 Å². The Morgan fingerprint density at radius 2 is 0.941 bits per heavy atom. The summed E-state index contributed by atoms with van der Waals surface area (Å²) in [6.07, 6.45) is 2.03. The van der Waals surface area contributed by atoms with Crippen molar-refractivity contribution >= 4 is 38.5 Å². The van der Waals surface area contributed by atoms with Crippen LogP contribution in [0.4, 0.5) is 0 Å².